The number of carboxylic acid groups (broad SMARTS) is 1. The molecule has 8 heteroatoms. The fourth-order valence-corrected chi connectivity index (χ4v) is 3.30. The van der Waals surface area contributed by atoms with E-state index in [2.05, 4.69) is 9.97 Å². The Kier molecular flexibility index (Phi) is 3.74. The lowest BCUT2D eigenvalue weighted by atomic mass is 9.85. The van der Waals surface area contributed by atoms with Crippen molar-refractivity contribution in [2.45, 2.75) is 25.3 Å². The highest BCUT2D eigenvalue weighted by Crippen LogP contribution is 2.39. The highest BCUT2D eigenvalue weighted by atomic mass is 35.5. The van der Waals surface area contributed by atoms with Gasteiger partial charge < -0.3 is 14.9 Å². The number of allylic oxidation sites excluding steroid dienone is 2. The number of carboxylic acids is 1. The number of likely N-dealkylation sites (tertiary alicyclic amines) is 1. The second-order valence-electron chi connectivity index (χ2n) is 5.47. The third-order valence-electron chi connectivity index (χ3n) is 4.16. The molecule has 3 atom stereocenters. The van der Waals surface area contributed by atoms with Crippen LogP contribution in [0.5, 0.6) is 0 Å². The van der Waals surface area contributed by atoms with E-state index >= 15 is 0 Å². The first-order chi connectivity index (χ1) is 10.5. The number of aromatic amines is 1. The van der Waals surface area contributed by atoms with Crippen molar-refractivity contribution in [3.63, 3.8) is 0 Å². The monoisotopic (exact) mass is 322 g/mol. The van der Waals surface area contributed by atoms with E-state index in [0.29, 0.717) is 17.1 Å². The lowest BCUT2D eigenvalue weighted by Gasteiger charge is -2.27. The van der Waals surface area contributed by atoms with Crippen molar-refractivity contribution in [2.24, 2.45) is 11.8 Å². The van der Waals surface area contributed by atoms with Crippen LogP contribution in [0.2, 0.25) is 0 Å². The van der Waals surface area contributed by atoms with Crippen molar-refractivity contribution in [2.75, 3.05) is 0 Å². The zero-order valence-electron chi connectivity index (χ0n) is 11.5. The molecular weight excluding hydrogens is 310 g/mol. The molecule has 7 nitrogen and oxygen atoms in total. The van der Waals surface area contributed by atoms with Crippen molar-refractivity contribution < 1.29 is 19.5 Å². The van der Waals surface area contributed by atoms with Crippen molar-refractivity contribution >= 4 is 29.4 Å². The zero-order chi connectivity index (χ0) is 15.9. The summed E-state index contributed by atoms with van der Waals surface area (Å²) in [5, 5.41) is 12.0. The molecule has 0 bridgehead atoms. The van der Waals surface area contributed by atoms with Crippen LogP contribution in [-0.2, 0) is 20.8 Å². The molecule has 1 aliphatic heterocycles. The Labute approximate surface area is 131 Å². The van der Waals surface area contributed by atoms with E-state index in [4.69, 9.17) is 11.6 Å². The number of H-pyrrole nitrogens is 1. The molecule has 2 aliphatic rings. The molecule has 1 fully saturated rings. The molecule has 0 radical (unpaired) electrons. The molecule has 2 heterocycles. The number of aliphatic carboxylic acids is 1. The molecule has 22 heavy (non-hydrogen) atoms. The minimum atomic E-state index is -1.46. The highest BCUT2D eigenvalue weighted by molar-refractivity contribution is 6.30. The molecule has 1 aliphatic carbocycles. The molecule has 0 unspecified atom stereocenters. The molecule has 2 amide bonds. The normalized spacial score (nSPS) is 25.9. The Hall–Kier alpha value is -2.15. The average molecular weight is 323 g/mol. The smallest absolute Gasteiger partial charge is 0.234 e. The SMILES string of the molecule is O=C([O-])[C@H](Cc1cnc[nH]1)N1C(=O)[C@H]2CC=C(Cl)C[C@@H]2C1=O. The third-order valence-corrected chi connectivity index (χ3v) is 4.46. The van der Waals surface area contributed by atoms with Gasteiger partial charge in [-0.3, -0.25) is 14.5 Å². The number of carbonyl (C=O) groups is 3. The maximum Gasteiger partial charge on any atom is 0.234 e. The Bertz CT molecular complexity index is 655. The molecule has 1 N–H and O–H groups in total. The predicted molar refractivity (Wildman–Crippen MR) is 73.1 cm³/mol. The fraction of sp³-hybridized carbons (Fsp3) is 0.429. The van der Waals surface area contributed by atoms with E-state index in [9.17, 15) is 19.5 Å². The summed E-state index contributed by atoms with van der Waals surface area (Å²) in [5.41, 5.74) is 0.515. The van der Waals surface area contributed by atoms with E-state index in [1.54, 1.807) is 6.08 Å². The molecule has 116 valence electrons. The maximum absolute atomic E-state index is 12.5. The lowest BCUT2D eigenvalue weighted by molar-refractivity contribution is -0.310. The van der Waals surface area contributed by atoms with Gasteiger partial charge in [0, 0.05) is 23.3 Å². The van der Waals surface area contributed by atoms with E-state index in [1.807, 2.05) is 0 Å². The number of fused-ring (bicyclic) bond motifs is 1. The van der Waals surface area contributed by atoms with Gasteiger partial charge in [-0.05, 0) is 12.8 Å². The number of imide groups is 1. The molecule has 3 rings (SSSR count). The summed E-state index contributed by atoms with van der Waals surface area (Å²) in [6, 6.07) is -1.34. The summed E-state index contributed by atoms with van der Waals surface area (Å²) in [7, 11) is 0. The van der Waals surface area contributed by atoms with E-state index in [-0.39, 0.29) is 12.8 Å². The number of hydrogen-bond donors (Lipinski definition) is 1. The molecule has 0 saturated carbocycles. The standard InChI is InChI=1S/C14H14ClN3O4/c15-7-1-2-9-10(3-7)13(20)18(12(9)19)11(14(21)22)4-8-5-16-6-17-8/h1,5-6,9-11H,2-4H2,(H,16,17)(H,21,22)/p-1/t9-,10-,11-/m0/s1. The number of halogens is 1. The summed E-state index contributed by atoms with van der Waals surface area (Å²) >= 11 is 5.94. The molecule has 1 aromatic rings. The van der Waals surface area contributed by atoms with E-state index in [0.717, 1.165) is 4.90 Å². The molecule has 1 aromatic heterocycles. The summed E-state index contributed by atoms with van der Waals surface area (Å²) < 4.78 is 0. The van der Waals surface area contributed by atoms with Gasteiger partial charge in [0.1, 0.15) is 0 Å². The lowest BCUT2D eigenvalue weighted by Crippen LogP contribution is -2.52. The topological polar surface area (TPSA) is 106 Å². The highest BCUT2D eigenvalue weighted by Gasteiger charge is 2.50. The van der Waals surface area contributed by atoms with Gasteiger partial charge in [0.25, 0.3) is 0 Å². The van der Waals surface area contributed by atoms with Gasteiger partial charge in [0.15, 0.2) is 0 Å². The van der Waals surface area contributed by atoms with Crippen LogP contribution in [0.4, 0.5) is 0 Å². The number of nitrogens with one attached hydrogen (secondary N) is 1. The van der Waals surface area contributed by atoms with Gasteiger partial charge in [0.05, 0.1) is 30.2 Å². The zero-order valence-corrected chi connectivity index (χ0v) is 12.2. The van der Waals surface area contributed by atoms with Crippen LogP contribution < -0.4 is 5.11 Å². The van der Waals surface area contributed by atoms with Gasteiger partial charge >= 0.3 is 0 Å². The third kappa shape index (κ3) is 2.41. The summed E-state index contributed by atoms with van der Waals surface area (Å²) in [6.45, 7) is 0. The second-order valence-corrected chi connectivity index (χ2v) is 5.95. The fourth-order valence-electron chi connectivity index (χ4n) is 3.04. The van der Waals surface area contributed by atoms with Crippen molar-refractivity contribution in [1.82, 2.24) is 14.9 Å². The Morgan fingerprint density at radius 3 is 2.82 bits per heavy atom. The number of aromatic nitrogens is 2. The van der Waals surface area contributed by atoms with Crippen LogP contribution in [-0.4, -0.2) is 38.7 Å². The quantitative estimate of drug-likeness (QED) is 0.758. The summed E-state index contributed by atoms with van der Waals surface area (Å²) in [5.74, 6) is -3.53. The minimum Gasteiger partial charge on any atom is -0.548 e. The first-order valence-electron chi connectivity index (χ1n) is 6.88. The number of carbonyl (C=O) groups excluding carboxylic acids is 3. The number of nitrogens with zero attached hydrogens (tertiary/aromatic N) is 2. The average Bonchev–Trinajstić information content (AvgIpc) is 3.05. The number of hydrogen-bond acceptors (Lipinski definition) is 5. The first kappa shape index (κ1) is 14.8. The van der Waals surface area contributed by atoms with Gasteiger partial charge in [0.2, 0.25) is 11.8 Å². The van der Waals surface area contributed by atoms with Crippen LogP contribution in [0.1, 0.15) is 18.5 Å². The minimum absolute atomic E-state index is 0.0551. The van der Waals surface area contributed by atoms with Crippen LogP contribution >= 0.6 is 11.6 Å². The van der Waals surface area contributed by atoms with Gasteiger partial charge in [-0.1, -0.05) is 17.7 Å². The molecule has 0 aromatic carbocycles. The van der Waals surface area contributed by atoms with Crippen LogP contribution in [0.25, 0.3) is 0 Å². The number of amides is 2. The Balaban J connectivity index is 1.87. The van der Waals surface area contributed by atoms with Crippen LogP contribution in [0.3, 0.4) is 0 Å². The first-order valence-corrected chi connectivity index (χ1v) is 7.26. The van der Waals surface area contributed by atoms with Gasteiger partial charge in [-0.25, -0.2) is 4.98 Å². The molecule has 0 spiro atoms. The van der Waals surface area contributed by atoms with Crippen molar-refractivity contribution in [1.29, 1.82) is 0 Å². The van der Waals surface area contributed by atoms with E-state index in [1.165, 1.54) is 12.5 Å². The van der Waals surface area contributed by atoms with Crippen molar-refractivity contribution in [3.8, 4) is 0 Å². The van der Waals surface area contributed by atoms with Crippen LogP contribution in [0, 0.1) is 11.8 Å². The van der Waals surface area contributed by atoms with Gasteiger partial charge in [-0.2, -0.15) is 0 Å². The predicted octanol–water partition coefficient (Wildman–Crippen LogP) is -0.412. The van der Waals surface area contributed by atoms with E-state index < -0.39 is 35.7 Å². The Morgan fingerprint density at radius 1 is 1.45 bits per heavy atom. The molecule has 1 saturated heterocycles. The maximum atomic E-state index is 12.5. The van der Waals surface area contributed by atoms with Crippen LogP contribution in [0.15, 0.2) is 23.6 Å². The van der Waals surface area contributed by atoms with Crippen molar-refractivity contribution in [3.05, 3.63) is 29.3 Å². The molecular formula is C14H13ClN3O4-. The number of rotatable bonds is 4. The number of imidazole rings is 1. The Morgan fingerprint density at radius 2 is 2.18 bits per heavy atom. The second kappa shape index (κ2) is 5.57. The summed E-state index contributed by atoms with van der Waals surface area (Å²) in [4.78, 5) is 43.8. The summed E-state index contributed by atoms with van der Waals surface area (Å²) in [6.07, 6.45) is 5.14. The largest absolute Gasteiger partial charge is 0.548 e. The van der Waals surface area contributed by atoms with Gasteiger partial charge in [-0.15, -0.1) is 0 Å².